The van der Waals surface area contributed by atoms with Gasteiger partial charge >= 0.3 is 6.18 Å². The van der Waals surface area contributed by atoms with Gasteiger partial charge in [0.15, 0.2) is 0 Å². The Bertz CT molecular complexity index is 1290. The number of hydrogen-bond acceptors (Lipinski definition) is 4. The Morgan fingerprint density at radius 1 is 1.00 bits per heavy atom. The molecule has 35 heavy (non-hydrogen) atoms. The molecule has 2 amide bonds. The van der Waals surface area contributed by atoms with Crippen LogP contribution in [-0.2, 0) is 6.18 Å². The van der Waals surface area contributed by atoms with Gasteiger partial charge in [0.2, 0.25) is 5.82 Å². The van der Waals surface area contributed by atoms with Gasteiger partial charge in [-0.25, -0.2) is 9.67 Å². The van der Waals surface area contributed by atoms with Crippen LogP contribution >= 0.6 is 23.2 Å². The van der Waals surface area contributed by atoms with Crippen LogP contribution in [0.15, 0.2) is 48.8 Å². The molecule has 1 saturated heterocycles. The zero-order valence-electron chi connectivity index (χ0n) is 18.7. The molecule has 1 aromatic heterocycles. The molecule has 0 radical (unpaired) electrons. The van der Waals surface area contributed by atoms with Gasteiger partial charge in [0.1, 0.15) is 6.33 Å². The summed E-state index contributed by atoms with van der Waals surface area (Å²) < 4.78 is 40.9. The molecule has 0 bridgehead atoms. The number of aromatic nitrogens is 3. The number of carbonyl (C=O) groups is 2. The van der Waals surface area contributed by atoms with Crippen molar-refractivity contribution in [1.82, 2.24) is 24.6 Å². The average Bonchev–Trinajstić information content (AvgIpc) is 3.27. The minimum Gasteiger partial charge on any atom is -0.335 e. The van der Waals surface area contributed by atoms with Gasteiger partial charge in [0.05, 0.1) is 16.8 Å². The molecule has 0 unspecified atom stereocenters. The molecule has 1 aliphatic heterocycles. The molecule has 2 heterocycles. The van der Waals surface area contributed by atoms with Gasteiger partial charge in [0.25, 0.3) is 11.8 Å². The maximum atomic E-state index is 13.2. The Hall–Kier alpha value is -3.11. The highest BCUT2D eigenvalue weighted by Crippen LogP contribution is 2.33. The number of halogens is 5. The molecule has 7 nitrogen and oxygen atoms in total. The molecule has 3 aromatic rings. The second-order valence-electron chi connectivity index (χ2n) is 8.71. The van der Waals surface area contributed by atoms with E-state index in [-0.39, 0.29) is 36.0 Å². The van der Waals surface area contributed by atoms with Gasteiger partial charge in [0, 0.05) is 35.2 Å². The highest BCUT2D eigenvalue weighted by Gasteiger charge is 2.40. The van der Waals surface area contributed by atoms with E-state index in [4.69, 9.17) is 23.2 Å². The summed E-state index contributed by atoms with van der Waals surface area (Å²) in [6, 6.07) is 9.67. The number of alkyl halides is 3. The molecule has 0 atom stereocenters. The lowest BCUT2D eigenvalue weighted by molar-refractivity contribution is -0.137. The summed E-state index contributed by atoms with van der Waals surface area (Å²) in [7, 11) is 0. The van der Waals surface area contributed by atoms with Crippen LogP contribution in [0.2, 0.25) is 10.0 Å². The Balaban J connectivity index is 1.51. The van der Waals surface area contributed by atoms with E-state index in [1.165, 1.54) is 22.0 Å². The van der Waals surface area contributed by atoms with Crippen molar-refractivity contribution in [2.45, 2.75) is 25.6 Å². The molecule has 0 aliphatic carbocycles. The fourth-order valence-electron chi connectivity index (χ4n) is 3.99. The summed E-state index contributed by atoms with van der Waals surface area (Å²) in [5.41, 5.74) is -1.36. The molecule has 1 aliphatic rings. The van der Waals surface area contributed by atoms with Crippen LogP contribution in [0.5, 0.6) is 0 Å². The summed E-state index contributed by atoms with van der Waals surface area (Å²) in [5, 5.41) is 4.59. The molecular formula is C23H20Cl2F3N5O2. The van der Waals surface area contributed by atoms with Gasteiger partial charge in [-0.2, -0.15) is 13.2 Å². The Kier molecular flexibility index (Phi) is 6.54. The van der Waals surface area contributed by atoms with Crippen molar-refractivity contribution in [3.05, 3.63) is 75.8 Å². The third-order valence-electron chi connectivity index (χ3n) is 5.66. The van der Waals surface area contributed by atoms with Crippen LogP contribution < -0.4 is 0 Å². The number of hydrogen-bond donors (Lipinski definition) is 0. The van der Waals surface area contributed by atoms with Crippen molar-refractivity contribution in [1.29, 1.82) is 0 Å². The fourth-order valence-corrected chi connectivity index (χ4v) is 4.41. The third kappa shape index (κ3) is 5.28. The topological polar surface area (TPSA) is 71.3 Å². The summed E-state index contributed by atoms with van der Waals surface area (Å²) in [6.45, 7) is 3.89. The standard InChI is InChI=1S/C23H20Cl2F3N5O2/c1-22(2)12-31(20(34)14-8-15(23(26,27)28)10-17(25)9-14)6-7-32(22)21(35)19-29-13-33(30-19)18-5-3-4-16(24)11-18/h3-5,8-11,13H,6-7,12H2,1-2H3. The van der Waals surface area contributed by atoms with E-state index >= 15 is 0 Å². The fraction of sp³-hybridized carbons (Fsp3) is 0.304. The summed E-state index contributed by atoms with van der Waals surface area (Å²) >= 11 is 11.9. The van der Waals surface area contributed by atoms with E-state index in [9.17, 15) is 22.8 Å². The van der Waals surface area contributed by atoms with E-state index in [0.717, 1.165) is 12.1 Å². The number of carbonyl (C=O) groups excluding carboxylic acids is 2. The molecular weight excluding hydrogens is 506 g/mol. The molecule has 0 saturated carbocycles. The number of nitrogens with zero attached hydrogens (tertiary/aromatic N) is 5. The Labute approximate surface area is 209 Å². The molecule has 4 rings (SSSR count). The van der Waals surface area contributed by atoms with Crippen LogP contribution in [0.4, 0.5) is 13.2 Å². The predicted molar refractivity (Wildman–Crippen MR) is 124 cm³/mol. The summed E-state index contributed by atoms with van der Waals surface area (Å²) in [4.78, 5) is 33.3. The molecule has 2 aromatic carbocycles. The second kappa shape index (κ2) is 9.16. The maximum Gasteiger partial charge on any atom is 0.416 e. The zero-order chi connectivity index (χ0) is 25.5. The van der Waals surface area contributed by atoms with E-state index in [1.807, 2.05) is 0 Å². The minimum absolute atomic E-state index is 0.0255. The van der Waals surface area contributed by atoms with E-state index < -0.39 is 29.1 Å². The third-order valence-corrected chi connectivity index (χ3v) is 6.12. The minimum atomic E-state index is -4.63. The number of rotatable bonds is 3. The van der Waals surface area contributed by atoms with Gasteiger partial charge < -0.3 is 9.80 Å². The monoisotopic (exact) mass is 525 g/mol. The first-order valence-electron chi connectivity index (χ1n) is 10.5. The SMILES string of the molecule is CC1(C)CN(C(=O)c2cc(Cl)cc(C(F)(F)F)c2)CCN1C(=O)c1ncn(-c2cccc(Cl)c2)n1. The molecule has 184 valence electrons. The van der Waals surface area contributed by atoms with Gasteiger partial charge in [-0.1, -0.05) is 29.3 Å². The normalized spacial score (nSPS) is 15.9. The molecule has 1 fully saturated rings. The van der Waals surface area contributed by atoms with Crippen molar-refractivity contribution in [3.8, 4) is 5.69 Å². The Morgan fingerprint density at radius 3 is 2.40 bits per heavy atom. The number of benzene rings is 2. The Morgan fingerprint density at radius 2 is 1.74 bits per heavy atom. The second-order valence-corrected chi connectivity index (χ2v) is 9.59. The van der Waals surface area contributed by atoms with Crippen LogP contribution in [0, 0.1) is 0 Å². The lowest BCUT2D eigenvalue weighted by Gasteiger charge is -2.46. The van der Waals surface area contributed by atoms with Crippen LogP contribution in [0.3, 0.4) is 0 Å². The van der Waals surface area contributed by atoms with Gasteiger partial charge in [-0.15, -0.1) is 5.10 Å². The van der Waals surface area contributed by atoms with Crippen molar-refractivity contribution < 1.29 is 22.8 Å². The van der Waals surface area contributed by atoms with Crippen LogP contribution in [0.25, 0.3) is 5.69 Å². The average molecular weight is 526 g/mol. The quantitative estimate of drug-likeness (QED) is 0.484. The van der Waals surface area contributed by atoms with Crippen LogP contribution in [-0.4, -0.2) is 61.6 Å². The first-order chi connectivity index (χ1) is 16.3. The first-order valence-corrected chi connectivity index (χ1v) is 11.3. The van der Waals surface area contributed by atoms with Gasteiger partial charge in [-0.05, 0) is 50.2 Å². The highest BCUT2D eigenvalue weighted by atomic mass is 35.5. The van der Waals surface area contributed by atoms with Crippen LogP contribution in [0.1, 0.15) is 40.4 Å². The molecule has 0 N–H and O–H groups in total. The first kappa shape index (κ1) is 25.0. The van der Waals surface area contributed by atoms with Crippen molar-refractivity contribution >= 4 is 35.0 Å². The number of amides is 2. The zero-order valence-corrected chi connectivity index (χ0v) is 20.2. The summed E-state index contributed by atoms with van der Waals surface area (Å²) in [5.74, 6) is -1.05. The number of piperazine rings is 1. The molecule has 12 heteroatoms. The van der Waals surface area contributed by atoms with Crippen molar-refractivity contribution in [3.63, 3.8) is 0 Å². The highest BCUT2D eigenvalue weighted by molar-refractivity contribution is 6.31. The lowest BCUT2D eigenvalue weighted by Crippen LogP contribution is -2.62. The van der Waals surface area contributed by atoms with E-state index in [1.54, 1.807) is 43.0 Å². The summed E-state index contributed by atoms with van der Waals surface area (Å²) in [6.07, 6.45) is -3.23. The van der Waals surface area contributed by atoms with E-state index in [2.05, 4.69) is 10.1 Å². The predicted octanol–water partition coefficient (Wildman–Crippen LogP) is 4.97. The largest absolute Gasteiger partial charge is 0.416 e. The van der Waals surface area contributed by atoms with E-state index in [0.29, 0.717) is 10.7 Å². The molecule has 0 spiro atoms. The van der Waals surface area contributed by atoms with Gasteiger partial charge in [-0.3, -0.25) is 9.59 Å². The maximum absolute atomic E-state index is 13.2. The lowest BCUT2D eigenvalue weighted by atomic mass is 9.97. The van der Waals surface area contributed by atoms with Crippen molar-refractivity contribution in [2.24, 2.45) is 0 Å². The smallest absolute Gasteiger partial charge is 0.335 e. The van der Waals surface area contributed by atoms with Crippen molar-refractivity contribution in [2.75, 3.05) is 19.6 Å².